The second kappa shape index (κ2) is 68.4. The number of carbonyl (C=O) groups is 3. The van der Waals surface area contributed by atoms with Crippen molar-refractivity contribution in [3.8, 4) is 0 Å². The number of rotatable bonds is 67. The van der Waals surface area contributed by atoms with Gasteiger partial charge in [0.15, 0.2) is 6.10 Å². The molecule has 466 valence electrons. The summed E-state index contributed by atoms with van der Waals surface area (Å²) in [7, 11) is 0. The fourth-order valence-corrected chi connectivity index (χ4v) is 11.0. The van der Waals surface area contributed by atoms with E-state index in [4.69, 9.17) is 14.2 Å². The third kappa shape index (κ3) is 66.6. The number of allylic oxidation sites excluding steroid dienone is 4. The molecule has 0 saturated carbocycles. The Morgan fingerprint density at radius 1 is 0.241 bits per heavy atom. The molecule has 0 aliphatic heterocycles. The van der Waals surface area contributed by atoms with Gasteiger partial charge in [-0.05, 0) is 70.6 Å². The van der Waals surface area contributed by atoms with Crippen molar-refractivity contribution in [2.75, 3.05) is 13.2 Å². The van der Waals surface area contributed by atoms with Gasteiger partial charge in [-0.1, -0.05) is 340 Å². The molecule has 0 radical (unpaired) electrons. The molecule has 0 fully saturated rings. The van der Waals surface area contributed by atoms with E-state index in [-0.39, 0.29) is 31.1 Å². The first-order valence-electron chi connectivity index (χ1n) is 35.8. The van der Waals surface area contributed by atoms with Gasteiger partial charge in [-0.3, -0.25) is 14.4 Å². The van der Waals surface area contributed by atoms with Crippen LogP contribution in [0.3, 0.4) is 0 Å². The van der Waals surface area contributed by atoms with Gasteiger partial charge in [0.2, 0.25) is 0 Å². The topological polar surface area (TPSA) is 78.9 Å². The molecule has 0 heterocycles. The lowest BCUT2D eigenvalue weighted by atomic mass is 10.0. The van der Waals surface area contributed by atoms with Crippen LogP contribution in [0.2, 0.25) is 0 Å². The fourth-order valence-electron chi connectivity index (χ4n) is 11.0. The molecule has 0 aliphatic rings. The van der Waals surface area contributed by atoms with E-state index < -0.39 is 6.10 Å². The normalized spacial score (nSPS) is 12.1. The molecule has 0 bridgehead atoms. The highest BCUT2D eigenvalue weighted by molar-refractivity contribution is 5.71. The van der Waals surface area contributed by atoms with Crippen molar-refractivity contribution < 1.29 is 28.6 Å². The van der Waals surface area contributed by atoms with E-state index in [9.17, 15) is 14.4 Å². The molecule has 0 aliphatic carbocycles. The quantitative estimate of drug-likeness (QED) is 0.0261. The summed E-state index contributed by atoms with van der Waals surface area (Å²) >= 11 is 0. The van der Waals surface area contributed by atoms with E-state index in [1.165, 1.54) is 295 Å². The minimum absolute atomic E-state index is 0.0722. The lowest BCUT2D eigenvalue weighted by molar-refractivity contribution is -0.167. The Kier molecular flexibility index (Phi) is 66.6. The Hall–Kier alpha value is -2.11. The molecule has 0 rings (SSSR count). The van der Waals surface area contributed by atoms with Gasteiger partial charge < -0.3 is 14.2 Å². The average molecular weight is 1110 g/mol. The fraction of sp³-hybridized carbons (Fsp3) is 0.904. The maximum absolute atomic E-state index is 12.9. The van der Waals surface area contributed by atoms with Crippen LogP contribution >= 0.6 is 0 Å². The second-order valence-corrected chi connectivity index (χ2v) is 24.5. The zero-order valence-corrected chi connectivity index (χ0v) is 53.7. The third-order valence-electron chi connectivity index (χ3n) is 16.4. The van der Waals surface area contributed by atoms with Crippen LogP contribution in [-0.4, -0.2) is 37.2 Å². The summed E-state index contributed by atoms with van der Waals surface area (Å²) < 4.78 is 17.0. The zero-order chi connectivity index (χ0) is 57.1. The summed E-state index contributed by atoms with van der Waals surface area (Å²) in [5.41, 5.74) is 0. The molecule has 0 N–H and O–H groups in total. The lowest BCUT2D eigenvalue weighted by Gasteiger charge is -2.18. The average Bonchev–Trinajstić information content (AvgIpc) is 3.45. The van der Waals surface area contributed by atoms with Crippen LogP contribution in [0.1, 0.15) is 406 Å². The molecule has 0 saturated heterocycles. The largest absolute Gasteiger partial charge is 0.462 e. The summed E-state index contributed by atoms with van der Waals surface area (Å²) in [5.74, 6) is -0.861. The Bertz CT molecular complexity index is 1270. The van der Waals surface area contributed by atoms with E-state index in [0.29, 0.717) is 19.3 Å². The highest BCUT2D eigenvalue weighted by Gasteiger charge is 2.19. The Morgan fingerprint density at radius 2 is 0.418 bits per heavy atom. The van der Waals surface area contributed by atoms with Crippen LogP contribution in [0.25, 0.3) is 0 Å². The van der Waals surface area contributed by atoms with Crippen LogP contribution < -0.4 is 0 Å². The molecule has 0 amide bonds. The molecule has 0 aromatic rings. The van der Waals surface area contributed by atoms with Gasteiger partial charge in [0.05, 0.1) is 0 Å². The van der Waals surface area contributed by atoms with Crippen LogP contribution in [-0.2, 0) is 28.6 Å². The van der Waals surface area contributed by atoms with Crippen LogP contribution in [0.5, 0.6) is 0 Å². The minimum Gasteiger partial charge on any atom is -0.462 e. The highest BCUT2D eigenvalue weighted by Crippen LogP contribution is 2.19. The van der Waals surface area contributed by atoms with Gasteiger partial charge in [-0.15, -0.1) is 0 Å². The maximum atomic E-state index is 12.9. The molecular formula is C73H138O6. The second-order valence-electron chi connectivity index (χ2n) is 24.5. The predicted octanol–water partition coefficient (Wildman–Crippen LogP) is 24.6. The molecule has 1 atom stereocenters. The van der Waals surface area contributed by atoms with Gasteiger partial charge in [-0.25, -0.2) is 0 Å². The van der Waals surface area contributed by atoms with Crippen molar-refractivity contribution in [2.45, 2.75) is 412 Å². The maximum Gasteiger partial charge on any atom is 0.306 e. The van der Waals surface area contributed by atoms with Gasteiger partial charge in [-0.2, -0.15) is 0 Å². The molecule has 6 heteroatoms. The molecule has 0 aromatic heterocycles. The highest BCUT2D eigenvalue weighted by atomic mass is 16.6. The molecule has 1 unspecified atom stereocenters. The Labute approximate surface area is 493 Å². The first-order valence-corrected chi connectivity index (χ1v) is 35.8. The lowest BCUT2D eigenvalue weighted by Crippen LogP contribution is -2.30. The minimum atomic E-state index is -0.777. The summed E-state index contributed by atoms with van der Waals surface area (Å²) in [6.07, 6.45) is 83.7. The van der Waals surface area contributed by atoms with Crippen molar-refractivity contribution in [1.82, 2.24) is 0 Å². The zero-order valence-electron chi connectivity index (χ0n) is 53.7. The van der Waals surface area contributed by atoms with Crippen molar-refractivity contribution in [3.05, 3.63) is 24.3 Å². The summed E-state index contributed by atoms with van der Waals surface area (Å²) in [4.78, 5) is 38.4. The van der Waals surface area contributed by atoms with Crippen LogP contribution in [0.4, 0.5) is 0 Å². The van der Waals surface area contributed by atoms with Crippen LogP contribution in [0, 0.1) is 0 Å². The number of esters is 3. The third-order valence-corrected chi connectivity index (χ3v) is 16.4. The van der Waals surface area contributed by atoms with Crippen molar-refractivity contribution in [1.29, 1.82) is 0 Å². The first kappa shape index (κ1) is 76.9. The van der Waals surface area contributed by atoms with Crippen molar-refractivity contribution >= 4 is 17.9 Å². The van der Waals surface area contributed by atoms with E-state index in [0.717, 1.165) is 70.6 Å². The van der Waals surface area contributed by atoms with E-state index in [1.807, 2.05) is 0 Å². The van der Waals surface area contributed by atoms with E-state index in [1.54, 1.807) is 0 Å². The van der Waals surface area contributed by atoms with E-state index >= 15 is 0 Å². The number of ether oxygens (including phenoxy) is 3. The summed E-state index contributed by atoms with van der Waals surface area (Å²) in [6, 6.07) is 0. The Morgan fingerprint density at radius 3 is 0.633 bits per heavy atom. The monoisotopic (exact) mass is 1110 g/mol. The number of hydrogen-bond donors (Lipinski definition) is 0. The van der Waals surface area contributed by atoms with Gasteiger partial charge in [0, 0.05) is 19.3 Å². The SMILES string of the molecule is CCCCCCCC/C=C\CCCCCCCC(=O)OCC(COC(=O)CCCCCCCCCCCCCCCCCCCCCCCCCCCCCCCCC)OC(=O)CCCCCCC/C=C\CCCCCCCC. The molecular weight excluding hydrogens is 973 g/mol. The molecule has 0 spiro atoms. The summed E-state index contributed by atoms with van der Waals surface area (Å²) in [5, 5.41) is 0. The number of hydrogen-bond acceptors (Lipinski definition) is 6. The number of carbonyl (C=O) groups excluding carboxylic acids is 3. The predicted molar refractivity (Wildman–Crippen MR) is 344 cm³/mol. The van der Waals surface area contributed by atoms with Gasteiger partial charge >= 0.3 is 17.9 Å². The smallest absolute Gasteiger partial charge is 0.306 e. The first-order chi connectivity index (χ1) is 39.0. The molecule has 6 nitrogen and oxygen atoms in total. The Balaban J connectivity index is 4.13. The number of unbranched alkanes of at least 4 members (excludes halogenated alkanes) is 52. The summed E-state index contributed by atoms with van der Waals surface area (Å²) in [6.45, 7) is 6.69. The van der Waals surface area contributed by atoms with Crippen LogP contribution in [0.15, 0.2) is 24.3 Å². The van der Waals surface area contributed by atoms with Gasteiger partial charge in [0.1, 0.15) is 13.2 Å². The standard InChI is InChI=1S/C73H138O6/c1-4-7-10-13-16-19-22-25-28-29-30-31-32-33-34-35-36-37-38-39-40-41-42-43-46-48-51-54-57-60-63-66-72(75)78-69-70(79-73(76)67-64-61-58-55-52-49-45-27-24-21-18-15-12-9-6-3)68-77-71(74)65-62-59-56-53-50-47-44-26-23-20-17-14-11-8-5-2/h26-27,44-45,70H,4-25,28-43,46-69H2,1-3H3/b44-26-,45-27-. The van der Waals surface area contributed by atoms with Gasteiger partial charge in [0.25, 0.3) is 0 Å². The molecule has 0 aromatic carbocycles. The molecule has 79 heavy (non-hydrogen) atoms. The van der Waals surface area contributed by atoms with E-state index in [2.05, 4.69) is 45.1 Å². The van der Waals surface area contributed by atoms with Crippen molar-refractivity contribution in [3.63, 3.8) is 0 Å². The van der Waals surface area contributed by atoms with Crippen molar-refractivity contribution in [2.24, 2.45) is 0 Å².